The van der Waals surface area contributed by atoms with E-state index in [1.807, 2.05) is 0 Å². The number of aliphatic carboxylic acids is 1. The smallest absolute Gasteiger partial charge is 0.329 e. The SMILES string of the molecule is COCCC1(C(=O)NCCOCC(=O)O)CCC1. The van der Waals surface area contributed by atoms with Crippen LogP contribution in [-0.2, 0) is 19.1 Å². The third-order valence-corrected chi connectivity index (χ3v) is 3.33. The van der Waals surface area contributed by atoms with Gasteiger partial charge in [-0.15, -0.1) is 0 Å². The molecule has 0 aromatic heterocycles. The van der Waals surface area contributed by atoms with Crippen molar-refractivity contribution in [3.05, 3.63) is 0 Å². The minimum atomic E-state index is -1.00. The first-order valence-electron chi connectivity index (χ1n) is 6.17. The maximum Gasteiger partial charge on any atom is 0.329 e. The Hall–Kier alpha value is -1.14. The van der Waals surface area contributed by atoms with Crippen molar-refractivity contribution in [2.45, 2.75) is 25.7 Å². The molecule has 0 unspecified atom stereocenters. The summed E-state index contributed by atoms with van der Waals surface area (Å²) in [6.07, 6.45) is 3.62. The van der Waals surface area contributed by atoms with E-state index in [-0.39, 0.29) is 24.5 Å². The number of carbonyl (C=O) groups excluding carboxylic acids is 1. The number of nitrogens with one attached hydrogen (secondary N) is 1. The second-order valence-corrected chi connectivity index (χ2v) is 4.58. The van der Waals surface area contributed by atoms with E-state index in [2.05, 4.69) is 5.32 Å². The Labute approximate surface area is 107 Å². The summed E-state index contributed by atoms with van der Waals surface area (Å²) in [7, 11) is 1.63. The lowest BCUT2D eigenvalue weighted by molar-refractivity contribution is -0.142. The van der Waals surface area contributed by atoms with E-state index in [4.69, 9.17) is 14.6 Å². The predicted molar refractivity (Wildman–Crippen MR) is 64.2 cm³/mol. The van der Waals surface area contributed by atoms with Gasteiger partial charge in [0.2, 0.25) is 5.91 Å². The predicted octanol–water partition coefficient (Wildman–Crippen LogP) is 0.411. The molecule has 0 aromatic rings. The fourth-order valence-electron chi connectivity index (χ4n) is 2.08. The lowest BCUT2D eigenvalue weighted by Gasteiger charge is -2.40. The fourth-order valence-corrected chi connectivity index (χ4v) is 2.08. The van der Waals surface area contributed by atoms with E-state index in [0.29, 0.717) is 13.2 Å². The number of amides is 1. The second-order valence-electron chi connectivity index (χ2n) is 4.58. The number of carboxylic acids is 1. The lowest BCUT2D eigenvalue weighted by Crippen LogP contribution is -2.47. The maximum absolute atomic E-state index is 12.0. The van der Waals surface area contributed by atoms with Crippen LogP contribution in [0.25, 0.3) is 0 Å². The summed E-state index contributed by atoms with van der Waals surface area (Å²) in [6, 6.07) is 0. The molecule has 0 atom stereocenters. The topological polar surface area (TPSA) is 84.9 Å². The Balaban J connectivity index is 2.20. The molecule has 1 amide bonds. The molecule has 1 aliphatic rings. The van der Waals surface area contributed by atoms with Gasteiger partial charge in [-0.3, -0.25) is 4.79 Å². The van der Waals surface area contributed by atoms with Crippen LogP contribution in [0, 0.1) is 5.41 Å². The van der Waals surface area contributed by atoms with E-state index >= 15 is 0 Å². The van der Waals surface area contributed by atoms with Crippen molar-refractivity contribution in [2.24, 2.45) is 5.41 Å². The zero-order valence-corrected chi connectivity index (χ0v) is 10.7. The van der Waals surface area contributed by atoms with Crippen molar-refractivity contribution in [1.29, 1.82) is 0 Å². The van der Waals surface area contributed by atoms with E-state index in [1.165, 1.54) is 0 Å². The monoisotopic (exact) mass is 259 g/mol. The molecular formula is C12H21NO5. The van der Waals surface area contributed by atoms with Crippen LogP contribution >= 0.6 is 0 Å². The fraction of sp³-hybridized carbons (Fsp3) is 0.833. The number of hydrogen-bond donors (Lipinski definition) is 2. The zero-order chi connectivity index (χ0) is 13.4. The molecule has 0 heterocycles. The van der Waals surface area contributed by atoms with Crippen LogP contribution in [0.4, 0.5) is 0 Å². The number of methoxy groups -OCH3 is 1. The third-order valence-electron chi connectivity index (χ3n) is 3.33. The van der Waals surface area contributed by atoms with Gasteiger partial charge in [-0.1, -0.05) is 6.42 Å². The summed E-state index contributed by atoms with van der Waals surface area (Å²) in [5.41, 5.74) is -0.275. The van der Waals surface area contributed by atoms with Crippen LogP contribution in [0.1, 0.15) is 25.7 Å². The first-order valence-corrected chi connectivity index (χ1v) is 6.17. The number of rotatable bonds is 9. The number of carboxylic acid groups (broad SMARTS) is 1. The first-order chi connectivity index (χ1) is 8.60. The Morgan fingerprint density at radius 1 is 1.33 bits per heavy atom. The van der Waals surface area contributed by atoms with Gasteiger partial charge in [-0.05, 0) is 19.3 Å². The Bertz CT molecular complexity index is 288. The quantitative estimate of drug-likeness (QED) is 0.586. The molecule has 104 valence electrons. The van der Waals surface area contributed by atoms with Gasteiger partial charge in [0.15, 0.2) is 0 Å². The Morgan fingerprint density at radius 3 is 2.56 bits per heavy atom. The van der Waals surface area contributed by atoms with Crippen LogP contribution in [0.3, 0.4) is 0 Å². The van der Waals surface area contributed by atoms with Crippen LogP contribution in [-0.4, -0.2) is 50.5 Å². The van der Waals surface area contributed by atoms with Crippen molar-refractivity contribution in [1.82, 2.24) is 5.32 Å². The highest BCUT2D eigenvalue weighted by molar-refractivity contribution is 5.83. The minimum absolute atomic E-state index is 0.0322. The number of hydrogen-bond acceptors (Lipinski definition) is 4. The highest BCUT2D eigenvalue weighted by atomic mass is 16.5. The van der Waals surface area contributed by atoms with Gasteiger partial charge in [0.1, 0.15) is 6.61 Å². The van der Waals surface area contributed by atoms with Crippen molar-refractivity contribution >= 4 is 11.9 Å². The average Bonchev–Trinajstić information content (AvgIpc) is 2.27. The van der Waals surface area contributed by atoms with Crippen molar-refractivity contribution < 1.29 is 24.2 Å². The molecule has 0 spiro atoms. The lowest BCUT2D eigenvalue weighted by atomic mass is 9.66. The summed E-state index contributed by atoms with van der Waals surface area (Å²) in [4.78, 5) is 22.2. The first kappa shape index (κ1) is 14.9. The van der Waals surface area contributed by atoms with Gasteiger partial charge in [0, 0.05) is 20.3 Å². The third kappa shape index (κ3) is 4.27. The largest absolute Gasteiger partial charge is 0.480 e. The molecule has 1 saturated carbocycles. The molecule has 0 aromatic carbocycles. The minimum Gasteiger partial charge on any atom is -0.480 e. The molecule has 0 radical (unpaired) electrons. The molecule has 0 bridgehead atoms. The van der Waals surface area contributed by atoms with E-state index in [9.17, 15) is 9.59 Å². The van der Waals surface area contributed by atoms with E-state index < -0.39 is 5.97 Å². The molecule has 0 aliphatic heterocycles. The normalized spacial score (nSPS) is 16.9. The summed E-state index contributed by atoms with van der Waals surface area (Å²) in [6.45, 7) is 0.826. The molecule has 1 aliphatic carbocycles. The standard InChI is InChI=1S/C12H21NO5/c1-17-7-5-12(3-2-4-12)11(16)13-6-8-18-9-10(14)15/h2-9H2,1H3,(H,13,16)(H,14,15). The number of ether oxygens (including phenoxy) is 2. The average molecular weight is 259 g/mol. The molecule has 1 rings (SSSR count). The molecule has 6 nitrogen and oxygen atoms in total. The summed E-state index contributed by atoms with van der Waals surface area (Å²) < 4.78 is 9.87. The van der Waals surface area contributed by atoms with Gasteiger partial charge >= 0.3 is 5.97 Å². The van der Waals surface area contributed by atoms with Crippen LogP contribution in [0.15, 0.2) is 0 Å². The molecular weight excluding hydrogens is 238 g/mol. The van der Waals surface area contributed by atoms with Gasteiger partial charge in [0.25, 0.3) is 0 Å². The molecule has 6 heteroatoms. The summed E-state index contributed by atoms with van der Waals surface area (Å²) in [5, 5.41) is 11.2. The van der Waals surface area contributed by atoms with Gasteiger partial charge in [-0.2, -0.15) is 0 Å². The Kier molecular flexibility index (Phi) is 6.07. The summed E-state index contributed by atoms with van der Waals surface area (Å²) in [5.74, 6) is -0.971. The van der Waals surface area contributed by atoms with Gasteiger partial charge in [0.05, 0.1) is 12.0 Å². The maximum atomic E-state index is 12.0. The Morgan fingerprint density at radius 2 is 2.06 bits per heavy atom. The van der Waals surface area contributed by atoms with Crippen LogP contribution in [0.2, 0.25) is 0 Å². The van der Waals surface area contributed by atoms with Gasteiger partial charge in [-0.25, -0.2) is 4.79 Å². The van der Waals surface area contributed by atoms with E-state index in [1.54, 1.807) is 7.11 Å². The highest BCUT2D eigenvalue weighted by Gasteiger charge is 2.43. The molecule has 2 N–H and O–H groups in total. The zero-order valence-electron chi connectivity index (χ0n) is 10.7. The molecule has 18 heavy (non-hydrogen) atoms. The van der Waals surface area contributed by atoms with Crippen molar-refractivity contribution in [2.75, 3.05) is 33.5 Å². The van der Waals surface area contributed by atoms with Gasteiger partial charge < -0.3 is 19.9 Å². The highest BCUT2D eigenvalue weighted by Crippen LogP contribution is 2.44. The van der Waals surface area contributed by atoms with E-state index in [0.717, 1.165) is 25.7 Å². The number of carbonyl (C=O) groups is 2. The second kappa shape index (κ2) is 7.33. The molecule has 1 fully saturated rings. The summed E-state index contributed by atoms with van der Waals surface area (Å²) >= 11 is 0. The van der Waals surface area contributed by atoms with Crippen LogP contribution in [0.5, 0.6) is 0 Å². The van der Waals surface area contributed by atoms with Crippen molar-refractivity contribution in [3.63, 3.8) is 0 Å². The van der Waals surface area contributed by atoms with Crippen LogP contribution < -0.4 is 5.32 Å². The van der Waals surface area contributed by atoms with Crippen molar-refractivity contribution in [3.8, 4) is 0 Å². The molecule has 0 saturated heterocycles.